The highest BCUT2D eigenvalue weighted by molar-refractivity contribution is 14.0. The van der Waals surface area contributed by atoms with Crippen LogP contribution in [0.1, 0.15) is 25.3 Å². The van der Waals surface area contributed by atoms with Gasteiger partial charge in [0.05, 0.1) is 6.54 Å². The Morgan fingerprint density at radius 2 is 2.06 bits per heavy atom. The fraction of sp³-hybridized carbons (Fsp3) is 0.636. The molecule has 1 aromatic carbocycles. The van der Waals surface area contributed by atoms with Gasteiger partial charge in [-0.2, -0.15) is 0 Å². The maximum atomic E-state index is 12.5. The van der Waals surface area contributed by atoms with Crippen molar-refractivity contribution < 1.29 is 19.4 Å². The van der Waals surface area contributed by atoms with E-state index in [1.165, 1.54) is 0 Å². The lowest BCUT2D eigenvalue weighted by atomic mass is 10.2. The van der Waals surface area contributed by atoms with Crippen LogP contribution in [0.5, 0.6) is 5.75 Å². The molecule has 2 fully saturated rings. The summed E-state index contributed by atoms with van der Waals surface area (Å²) in [6.07, 6.45) is 0.832. The van der Waals surface area contributed by atoms with Crippen LogP contribution in [0, 0.1) is 6.92 Å². The highest BCUT2D eigenvalue weighted by Gasteiger charge is 2.30. The summed E-state index contributed by atoms with van der Waals surface area (Å²) in [7, 11) is 0. The summed E-state index contributed by atoms with van der Waals surface area (Å²) in [6.45, 7) is 8.62. The lowest BCUT2D eigenvalue weighted by Gasteiger charge is -2.37. The van der Waals surface area contributed by atoms with Gasteiger partial charge < -0.3 is 29.7 Å². The minimum Gasteiger partial charge on any atom is -0.491 e. The fourth-order valence-electron chi connectivity index (χ4n) is 3.68. The van der Waals surface area contributed by atoms with Gasteiger partial charge in [-0.15, -0.1) is 24.0 Å². The van der Waals surface area contributed by atoms with Crippen molar-refractivity contribution in [2.24, 2.45) is 4.99 Å². The number of hydrogen-bond acceptors (Lipinski definition) is 5. The van der Waals surface area contributed by atoms with E-state index in [0.29, 0.717) is 32.8 Å². The number of aliphatic imine (C=N–C) groups is 1. The molecule has 0 aliphatic carbocycles. The van der Waals surface area contributed by atoms with Crippen LogP contribution < -0.4 is 10.1 Å². The Kier molecular flexibility index (Phi) is 10.8. The predicted octanol–water partition coefficient (Wildman–Crippen LogP) is 1.64. The minimum atomic E-state index is -0.693. The zero-order valence-electron chi connectivity index (χ0n) is 18.5. The molecule has 2 N–H and O–H groups in total. The molecular formula is C22H35IN4O4. The van der Waals surface area contributed by atoms with Crippen molar-refractivity contribution in [3.05, 3.63) is 29.8 Å². The number of nitrogens with zero attached hydrogens (tertiary/aromatic N) is 3. The number of halogens is 1. The molecule has 0 bridgehead atoms. The maximum absolute atomic E-state index is 12.5. The number of benzene rings is 1. The van der Waals surface area contributed by atoms with E-state index in [1.54, 1.807) is 0 Å². The van der Waals surface area contributed by atoms with E-state index in [9.17, 15) is 9.90 Å². The maximum Gasteiger partial charge on any atom is 0.251 e. The third-order valence-corrected chi connectivity index (χ3v) is 5.31. The number of rotatable bonds is 7. The van der Waals surface area contributed by atoms with Crippen LogP contribution in [-0.2, 0) is 9.53 Å². The third kappa shape index (κ3) is 7.80. The smallest absolute Gasteiger partial charge is 0.251 e. The van der Waals surface area contributed by atoms with Crippen molar-refractivity contribution >= 4 is 35.8 Å². The number of ether oxygens (including phenoxy) is 2. The second-order valence-electron chi connectivity index (χ2n) is 7.79. The van der Waals surface area contributed by atoms with Gasteiger partial charge in [0.1, 0.15) is 24.6 Å². The molecule has 2 aliphatic heterocycles. The van der Waals surface area contributed by atoms with Crippen molar-refractivity contribution in [2.75, 3.05) is 52.5 Å². The number of aryl methyl sites for hydroxylation is 1. The number of carbonyl (C=O) groups excluding carboxylic acids is 1. The summed E-state index contributed by atoms with van der Waals surface area (Å²) in [6, 6.07) is 7.76. The van der Waals surface area contributed by atoms with Gasteiger partial charge in [-0.3, -0.25) is 9.79 Å². The number of carbonyl (C=O) groups is 1. The Bertz CT molecular complexity index is 719. The molecule has 2 saturated heterocycles. The van der Waals surface area contributed by atoms with Crippen molar-refractivity contribution in [1.82, 2.24) is 15.1 Å². The average molecular weight is 546 g/mol. The summed E-state index contributed by atoms with van der Waals surface area (Å²) in [5, 5.41) is 13.6. The normalized spacial score (nSPS) is 20.2. The van der Waals surface area contributed by atoms with Gasteiger partial charge in [-0.25, -0.2) is 0 Å². The summed E-state index contributed by atoms with van der Waals surface area (Å²) in [5.74, 6) is 1.62. The Morgan fingerprint density at radius 1 is 1.32 bits per heavy atom. The molecular weight excluding hydrogens is 511 g/mol. The molecule has 31 heavy (non-hydrogen) atoms. The van der Waals surface area contributed by atoms with E-state index in [1.807, 2.05) is 43.0 Å². The highest BCUT2D eigenvalue weighted by atomic mass is 127. The number of guanidine groups is 1. The molecule has 9 heteroatoms. The van der Waals surface area contributed by atoms with Gasteiger partial charge in [-0.1, -0.05) is 12.1 Å². The largest absolute Gasteiger partial charge is 0.491 e. The lowest BCUT2D eigenvalue weighted by Crippen LogP contribution is -2.55. The molecule has 2 heterocycles. The molecule has 2 atom stereocenters. The zero-order valence-corrected chi connectivity index (χ0v) is 20.8. The summed E-state index contributed by atoms with van der Waals surface area (Å²) in [4.78, 5) is 21.1. The molecule has 0 aromatic heterocycles. The Balaban J connectivity index is 0.00000341. The summed E-state index contributed by atoms with van der Waals surface area (Å²) < 4.78 is 11.2. The number of amides is 1. The SMILES string of the molecule is CCNC(=NCC(O)COc1cccc(C)c1)N1CCN(C(=O)C2CCCO2)CC1.I. The van der Waals surface area contributed by atoms with Crippen LogP contribution in [0.15, 0.2) is 29.3 Å². The van der Waals surface area contributed by atoms with Crippen molar-refractivity contribution in [3.8, 4) is 5.75 Å². The van der Waals surface area contributed by atoms with Crippen LogP contribution in [0.2, 0.25) is 0 Å². The number of nitrogens with one attached hydrogen (secondary N) is 1. The van der Waals surface area contributed by atoms with Gasteiger partial charge in [0.15, 0.2) is 5.96 Å². The topological polar surface area (TPSA) is 86.6 Å². The van der Waals surface area contributed by atoms with E-state index in [0.717, 1.165) is 36.7 Å². The predicted molar refractivity (Wildman–Crippen MR) is 131 cm³/mol. The number of hydrogen-bond donors (Lipinski definition) is 2. The van der Waals surface area contributed by atoms with Crippen molar-refractivity contribution in [1.29, 1.82) is 0 Å². The van der Waals surface area contributed by atoms with E-state index >= 15 is 0 Å². The Hall–Kier alpha value is -1.59. The van der Waals surface area contributed by atoms with E-state index in [2.05, 4.69) is 15.2 Å². The Morgan fingerprint density at radius 3 is 2.71 bits per heavy atom. The van der Waals surface area contributed by atoms with Gasteiger partial charge in [0.25, 0.3) is 5.91 Å². The first-order valence-electron chi connectivity index (χ1n) is 10.9. The fourth-order valence-corrected chi connectivity index (χ4v) is 3.68. The van der Waals surface area contributed by atoms with Crippen molar-refractivity contribution in [2.45, 2.75) is 38.9 Å². The first-order valence-corrected chi connectivity index (χ1v) is 10.9. The Labute approximate surface area is 202 Å². The third-order valence-electron chi connectivity index (χ3n) is 5.31. The summed E-state index contributed by atoms with van der Waals surface area (Å²) >= 11 is 0. The molecule has 1 amide bonds. The average Bonchev–Trinajstić information content (AvgIpc) is 3.30. The molecule has 3 rings (SSSR count). The van der Waals surface area contributed by atoms with Crippen LogP contribution in [0.3, 0.4) is 0 Å². The van der Waals surface area contributed by atoms with Crippen LogP contribution >= 0.6 is 24.0 Å². The molecule has 0 radical (unpaired) electrons. The van der Waals surface area contributed by atoms with Crippen molar-refractivity contribution in [3.63, 3.8) is 0 Å². The highest BCUT2D eigenvalue weighted by Crippen LogP contribution is 2.16. The summed E-state index contributed by atoms with van der Waals surface area (Å²) in [5.41, 5.74) is 1.12. The number of aliphatic hydroxyl groups excluding tert-OH is 1. The van der Waals surface area contributed by atoms with Gasteiger partial charge >= 0.3 is 0 Å². The minimum absolute atomic E-state index is 0. The quantitative estimate of drug-likeness (QED) is 0.308. The molecule has 0 spiro atoms. The van der Waals surface area contributed by atoms with E-state index in [-0.39, 0.29) is 49.1 Å². The first-order chi connectivity index (χ1) is 14.6. The second kappa shape index (κ2) is 13.1. The molecule has 1 aromatic rings. The second-order valence-corrected chi connectivity index (χ2v) is 7.79. The molecule has 2 unspecified atom stereocenters. The van der Waals surface area contributed by atoms with Gasteiger partial charge in [-0.05, 0) is 44.4 Å². The van der Waals surface area contributed by atoms with E-state index < -0.39 is 6.10 Å². The standard InChI is InChI=1S/C22H34N4O4.HI/c1-3-23-22(24-15-18(27)16-30-19-7-4-6-17(2)14-19)26-11-9-25(10-12-26)21(28)20-8-5-13-29-20;/h4,6-7,14,18,20,27H,3,5,8-13,15-16H2,1-2H3,(H,23,24);1H. The molecule has 0 saturated carbocycles. The van der Waals surface area contributed by atoms with E-state index in [4.69, 9.17) is 9.47 Å². The molecule has 8 nitrogen and oxygen atoms in total. The lowest BCUT2D eigenvalue weighted by molar-refractivity contribution is -0.142. The number of aliphatic hydroxyl groups is 1. The van der Waals surface area contributed by atoms with Crippen LogP contribution in [0.25, 0.3) is 0 Å². The van der Waals surface area contributed by atoms with Crippen LogP contribution in [-0.4, -0.2) is 91.5 Å². The first kappa shape index (κ1) is 25.7. The number of piperazine rings is 1. The zero-order chi connectivity index (χ0) is 21.3. The van der Waals surface area contributed by atoms with Gasteiger partial charge in [0.2, 0.25) is 0 Å². The molecule has 2 aliphatic rings. The monoisotopic (exact) mass is 546 g/mol. The van der Waals surface area contributed by atoms with Gasteiger partial charge in [0, 0.05) is 39.3 Å². The van der Waals surface area contributed by atoms with Crippen LogP contribution in [0.4, 0.5) is 0 Å². The molecule has 174 valence electrons.